The predicted molar refractivity (Wildman–Crippen MR) is 89.1 cm³/mol. The molecule has 1 fully saturated rings. The van der Waals surface area contributed by atoms with E-state index >= 15 is 0 Å². The highest BCUT2D eigenvalue weighted by Gasteiger charge is 2.23. The fourth-order valence-corrected chi connectivity index (χ4v) is 5.02. The maximum absolute atomic E-state index is 4.74. The highest BCUT2D eigenvalue weighted by molar-refractivity contribution is 7.99. The van der Waals surface area contributed by atoms with Crippen LogP contribution in [0.15, 0.2) is 16.5 Å². The molecule has 2 aliphatic carbocycles. The van der Waals surface area contributed by atoms with Gasteiger partial charge in [0.15, 0.2) is 4.34 Å². The van der Waals surface area contributed by atoms with Gasteiger partial charge in [0.2, 0.25) is 0 Å². The zero-order valence-electron chi connectivity index (χ0n) is 12.0. The summed E-state index contributed by atoms with van der Waals surface area (Å²) in [6, 6.07) is 0.662. The van der Waals surface area contributed by atoms with Crippen LogP contribution in [0.2, 0.25) is 0 Å². The van der Waals surface area contributed by atoms with Crippen molar-refractivity contribution < 1.29 is 0 Å². The second-order valence-corrected chi connectivity index (χ2v) is 7.66. The summed E-state index contributed by atoms with van der Waals surface area (Å²) >= 11 is 3.54. The summed E-state index contributed by atoms with van der Waals surface area (Å²) in [5.41, 5.74) is 0. The van der Waals surface area contributed by atoms with Crippen molar-refractivity contribution in [2.45, 2.75) is 55.8 Å². The molecule has 20 heavy (non-hydrogen) atoms. The van der Waals surface area contributed by atoms with Crippen LogP contribution in [0.1, 0.15) is 45.4 Å². The van der Waals surface area contributed by atoms with Gasteiger partial charge in [0.05, 0.1) is 9.88 Å². The molecule has 1 aromatic rings. The first-order valence-corrected chi connectivity index (χ1v) is 9.26. The van der Waals surface area contributed by atoms with Gasteiger partial charge < -0.3 is 0 Å². The predicted octanol–water partition coefficient (Wildman–Crippen LogP) is 3.23. The average molecular weight is 307 g/mol. The Bertz CT molecular complexity index is 588. The van der Waals surface area contributed by atoms with E-state index in [4.69, 9.17) is 4.98 Å². The molecule has 2 atom stereocenters. The number of nitrogens with zero attached hydrogens (tertiary/aromatic N) is 1. The van der Waals surface area contributed by atoms with Crippen LogP contribution in [-0.2, 0) is 0 Å². The lowest BCUT2D eigenvalue weighted by molar-refractivity contribution is 0.287. The number of nitrogens with one attached hydrogen (secondary N) is 1. The Morgan fingerprint density at radius 3 is 3.20 bits per heavy atom. The molecule has 1 saturated carbocycles. The zero-order chi connectivity index (χ0) is 13.8. The van der Waals surface area contributed by atoms with E-state index in [2.05, 4.69) is 35.9 Å². The first kappa shape index (κ1) is 14.4. The molecule has 0 bridgehead atoms. The minimum absolute atomic E-state index is 0.662. The summed E-state index contributed by atoms with van der Waals surface area (Å²) < 4.78 is 6.12. The lowest BCUT2D eigenvalue weighted by atomic mass is 9.83. The Morgan fingerprint density at radius 1 is 1.40 bits per heavy atom. The molecule has 0 amide bonds. The van der Waals surface area contributed by atoms with E-state index in [1.807, 2.05) is 0 Å². The molecule has 0 saturated heterocycles. The maximum Gasteiger partial charge on any atom is 0.166 e. The van der Waals surface area contributed by atoms with Gasteiger partial charge in [-0.05, 0) is 43.2 Å². The first-order valence-electron chi connectivity index (χ1n) is 7.63. The largest absolute Gasteiger partial charge is 0.255 e. The Labute approximate surface area is 129 Å². The number of hydrogen-bond donors (Lipinski definition) is 1. The van der Waals surface area contributed by atoms with E-state index in [1.165, 1.54) is 36.6 Å². The van der Waals surface area contributed by atoms with Crippen LogP contribution < -0.4 is 14.6 Å². The van der Waals surface area contributed by atoms with Gasteiger partial charge in [-0.25, -0.2) is 4.98 Å². The third kappa shape index (κ3) is 3.35. The van der Waals surface area contributed by atoms with Crippen molar-refractivity contribution in [1.29, 1.82) is 0 Å². The lowest BCUT2D eigenvalue weighted by Crippen LogP contribution is -2.34. The molecule has 2 nitrogen and oxygen atoms in total. The van der Waals surface area contributed by atoms with Crippen molar-refractivity contribution >= 4 is 35.4 Å². The molecule has 3 rings (SSSR count). The van der Waals surface area contributed by atoms with Gasteiger partial charge in [0.1, 0.15) is 0 Å². The second kappa shape index (κ2) is 6.92. The van der Waals surface area contributed by atoms with Gasteiger partial charge in [-0.3, -0.25) is 4.72 Å². The fraction of sp³-hybridized carbons (Fsp3) is 0.562. The first-order chi connectivity index (χ1) is 9.86. The molecule has 0 spiro atoms. The van der Waals surface area contributed by atoms with Gasteiger partial charge in [-0.1, -0.05) is 44.4 Å². The molecule has 4 heteroatoms. The number of rotatable bonds is 4. The van der Waals surface area contributed by atoms with Crippen LogP contribution in [0.3, 0.4) is 0 Å². The summed E-state index contributed by atoms with van der Waals surface area (Å²) in [7, 11) is 0. The Kier molecular flexibility index (Phi) is 4.97. The van der Waals surface area contributed by atoms with E-state index in [1.54, 1.807) is 23.3 Å². The van der Waals surface area contributed by atoms with Crippen molar-refractivity contribution in [2.24, 2.45) is 5.92 Å². The normalized spacial score (nSPS) is 25.4. The van der Waals surface area contributed by atoms with Crippen molar-refractivity contribution in [3.63, 3.8) is 0 Å². The van der Waals surface area contributed by atoms with Gasteiger partial charge >= 0.3 is 0 Å². The van der Waals surface area contributed by atoms with Crippen LogP contribution in [0.4, 0.5) is 0 Å². The molecular weight excluding hydrogens is 284 g/mol. The minimum atomic E-state index is 0.662. The SMILES string of the molecule is CCC1CCCCC1NSc1nc2c(s1)=CC=CCC=2. The Balaban J connectivity index is 1.67. The van der Waals surface area contributed by atoms with Crippen LogP contribution in [0, 0.1) is 5.92 Å². The highest BCUT2D eigenvalue weighted by atomic mass is 32.2. The number of thiazole rings is 1. The average Bonchev–Trinajstić information content (AvgIpc) is 2.75. The van der Waals surface area contributed by atoms with Gasteiger partial charge in [0.25, 0.3) is 0 Å². The molecule has 0 aliphatic heterocycles. The quantitative estimate of drug-likeness (QED) is 0.865. The van der Waals surface area contributed by atoms with Crippen LogP contribution in [0.25, 0.3) is 12.2 Å². The number of allylic oxidation sites excluding steroid dienone is 2. The van der Waals surface area contributed by atoms with Crippen molar-refractivity contribution in [1.82, 2.24) is 9.71 Å². The number of aromatic nitrogens is 1. The standard InChI is InChI=1S/C16H22N2S2/c1-2-12-8-6-7-9-13(12)18-20-16-17-14-10-4-3-5-11-15(14)19-16/h3,5,10-13,18H,2,4,6-9H2,1H3. The van der Waals surface area contributed by atoms with Crippen molar-refractivity contribution in [3.05, 3.63) is 22.0 Å². The lowest BCUT2D eigenvalue weighted by Gasteiger charge is -2.30. The Morgan fingerprint density at radius 2 is 2.30 bits per heavy atom. The highest BCUT2D eigenvalue weighted by Crippen LogP contribution is 2.29. The number of fused-ring (bicyclic) bond motifs is 1. The monoisotopic (exact) mass is 306 g/mol. The number of hydrogen-bond acceptors (Lipinski definition) is 4. The molecule has 0 aromatic carbocycles. The zero-order valence-corrected chi connectivity index (χ0v) is 13.6. The molecule has 0 radical (unpaired) electrons. The molecule has 2 aliphatic rings. The smallest absolute Gasteiger partial charge is 0.166 e. The van der Waals surface area contributed by atoms with Gasteiger partial charge in [-0.2, -0.15) is 0 Å². The maximum atomic E-state index is 4.74. The minimum Gasteiger partial charge on any atom is -0.255 e. The van der Waals surface area contributed by atoms with Crippen molar-refractivity contribution in [2.75, 3.05) is 0 Å². The molecule has 1 aromatic heterocycles. The van der Waals surface area contributed by atoms with Crippen LogP contribution in [-0.4, -0.2) is 11.0 Å². The topological polar surface area (TPSA) is 24.9 Å². The molecule has 2 unspecified atom stereocenters. The third-order valence-corrected chi connectivity index (χ3v) is 6.24. The Hall–Kier alpha value is -0.580. The summed E-state index contributed by atoms with van der Waals surface area (Å²) in [4.78, 5) is 4.74. The van der Waals surface area contributed by atoms with E-state index in [0.29, 0.717) is 6.04 Å². The molecule has 108 valence electrons. The van der Waals surface area contributed by atoms with E-state index in [0.717, 1.165) is 22.0 Å². The van der Waals surface area contributed by atoms with Gasteiger partial charge in [0, 0.05) is 6.04 Å². The molecular formula is C16H22N2S2. The van der Waals surface area contributed by atoms with E-state index in [9.17, 15) is 0 Å². The molecule has 1 N–H and O–H groups in total. The van der Waals surface area contributed by atoms with Crippen LogP contribution >= 0.6 is 23.3 Å². The summed E-state index contributed by atoms with van der Waals surface area (Å²) in [6.07, 6.45) is 16.5. The summed E-state index contributed by atoms with van der Waals surface area (Å²) in [5, 5.41) is 1.15. The fourth-order valence-electron chi connectivity index (χ4n) is 3.02. The summed E-state index contributed by atoms with van der Waals surface area (Å²) in [5.74, 6) is 0.843. The van der Waals surface area contributed by atoms with Gasteiger partial charge in [-0.15, -0.1) is 11.3 Å². The third-order valence-electron chi connectivity index (χ3n) is 4.22. The summed E-state index contributed by atoms with van der Waals surface area (Å²) in [6.45, 7) is 2.32. The second-order valence-electron chi connectivity index (χ2n) is 5.54. The molecule has 1 heterocycles. The van der Waals surface area contributed by atoms with Crippen molar-refractivity contribution in [3.8, 4) is 0 Å². The van der Waals surface area contributed by atoms with E-state index < -0.39 is 0 Å². The van der Waals surface area contributed by atoms with E-state index in [-0.39, 0.29) is 0 Å². The van der Waals surface area contributed by atoms with Crippen LogP contribution in [0.5, 0.6) is 0 Å².